The van der Waals surface area contributed by atoms with Gasteiger partial charge >= 0.3 is 11.9 Å². The van der Waals surface area contributed by atoms with Gasteiger partial charge in [0.2, 0.25) is 0 Å². The molecule has 0 aromatic rings. The van der Waals surface area contributed by atoms with Gasteiger partial charge in [-0.05, 0) is 37.5 Å². The largest absolute Gasteiger partial charge is 0.462 e. The van der Waals surface area contributed by atoms with Crippen molar-refractivity contribution in [1.29, 1.82) is 0 Å². The highest BCUT2D eigenvalue weighted by Gasteiger charge is 2.23. The third kappa shape index (κ3) is 11.1. The molecule has 0 saturated carbocycles. The van der Waals surface area contributed by atoms with Gasteiger partial charge in [-0.15, -0.1) is 0 Å². The molecule has 0 fully saturated rings. The maximum absolute atomic E-state index is 12.3. The van der Waals surface area contributed by atoms with Gasteiger partial charge in [-0.2, -0.15) is 0 Å². The molecule has 0 amide bonds. The summed E-state index contributed by atoms with van der Waals surface area (Å²) in [5.74, 6) is 0.0272. The van der Waals surface area contributed by atoms with E-state index in [9.17, 15) is 9.59 Å². The van der Waals surface area contributed by atoms with Crippen molar-refractivity contribution in [1.82, 2.24) is 0 Å². The predicted molar refractivity (Wildman–Crippen MR) is 107 cm³/mol. The Morgan fingerprint density at radius 2 is 1.81 bits per heavy atom. The zero-order valence-electron chi connectivity index (χ0n) is 17.7. The van der Waals surface area contributed by atoms with Crippen LogP contribution in [0.15, 0.2) is 24.0 Å². The lowest BCUT2D eigenvalue weighted by atomic mass is 9.80. The Kier molecular flexibility index (Phi) is 11.9. The summed E-state index contributed by atoms with van der Waals surface area (Å²) < 4.78 is 10.7. The minimum Gasteiger partial charge on any atom is -0.462 e. The normalized spacial score (nSPS) is 12.6. The molecule has 0 radical (unpaired) electrons. The fourth-order valence-electron chi connectivity index (χ4n) is 3.05. The average molecular weight is 367 g/mol. The van der Waals surface area contributed by atoms with Crippen LogP contribution in [0.1, 0.15) is 86.5 Å². The summed E-state index contributed by atoms with van der Waals surface area (Å²) in [6, 6.07) is 0. The maximum atomic E-state index is 12.3. The van der Waals surface area contributed by atoms with Crippen LogP contribution in [0.25, 0.3) is 0 Å². The molecule has 0 saturated heterocycles. The van der Waals surface area contributed by atoms with Crippen molar-refractivity contribution in [3.63, 3.8) is 0 Å². The number of carbonyl (C=O) groups excluding carboxylic acids is 2. The van der Waals surface area contributed by atoms with E-state index in [4.69, 9.17) is 9.47 Å². The number of hydrogen-bond donors (Lipinski definition) is 0. The van der Waals surface area contributed by atoms with E-state index < -0.39 is 11.9 Å². The minimum absolute atomic E-state index is 0.102. The molecule has 0 aliphatic heterocycles. The molecule has 0 aromatic carbocycles. The van der Waals surface area contributed by atoms with Crippen LogP contribution in [-0.2, 0) is 19.1 Å². The molecule has 26 heavy (non-hydrogen) atoms. The van der Waals surface area contributed by atoms with E-state index in [1.54, 1.807) is 6.92 Å². The predicted octanol–water partition coefficient (Wildman–Crippen LogP) is 5.97. The topological polar surface area (TPSA) is 52.6 Å². The minimum atomic E-state index is -0.545. The molecule has 4 nitrogen and oxygen atoms in total. The van der Waals surface area contributed by atoms with E-state index in [1.165, 1.54) is 0 Å². The highest BCUT2D eigenvalue weighted by molar-refractivity contribution is 5.89. The Labute approximate surface area is 160 Å². The molecule has 0 unspecified atom stereocenters. The van der Waals surface area contributed by atoms with Crippen LogP contribution in [-0.4, -0.2) is 18.5 Å². The Hall–Kier alpha value is -1.58. The SMILES string of the molecule is C=CC(=O)OC(CCC(C)(C)CC(C)C)=C(C)C(=O)OCCCCCC. The molecule has 0 aliphatic rings. The van der Waals surface area contributed by atoms with Crippen molar-refractivity contribution in [2.45, 2.75) is 86.5 Å². The van der Waals surface area contributed by atoms with Crippen molar-refractivity contribution in [2.24, 2.45) is 11.3 Å². The van der Waals surface area contributed by atoms with E-state index >= 15 is 0 Å². The summed E-state index contributed by atoms with van der Waals surface area (Å²) in [4.78, 5) is 23.9. The summed E-state index contributed by atoms with van der Waals surface area (Å²) in [6.07, 6.45) is 7.71. The maximum Gasteiger partial charge on any atom is 0.337 e. The van der Waals surface area contributed by atoms with Gasteiger partial charge in [0.15, 0.2) is 0 Å². The average Bonchev–Trinajstić information content (AvgIpc) is 2.56. The van der Waals surface area contributed by atoms with Crippen LogP contribution in [0.4, 0.5) is 0 Å². The fourth-order valence-corrected chi connectivity index (χ4v) is 3.05. The first-order valence-corrected chi connectivity index (χ1v) is 9.84. The second-order valence-corrected chi connectivity index (χ2v) is 8.13. The molecule has 150 valence electrons. The number of unbranched alkanes of at least 4 members (excludes halogenated alkanes) is 3. The van der Waals surface area contributed by atoms with E-state index in [1.807, 2.05) is 0 Å². The molecule has 0 atom stereocenters. The number of hydrogen-bond acceptors (Lipinski definition) is 4. The first-order chi connectivity index (χ1) is 12.1. The van der Waals surface area contributed by atoms with Gasteiger partial charge in [0, 0.05) is 12.5 Å². The second kappa shape index (κ2) is 12.7. The molecular weight excluding hydrogens is 328 g/mol. The van der Waals surface area contributed by atoms with Crippen LogP contribution in [0, 0.1) is 11.3 Å². The van der Waals surface area contributed by atoms with E-state index in [0.29, 0.717) is 30.3 Å². The quantitative estimate of drug-likeness (QED) is 0.174. The third-order valence-corrected chi connectivity index (χ3v) is 4.34. The highest BCUT2D eigenvalue weighted by atomic mass is 16.5. The fraction of sp³-hybridized carbons (Fsp3) is 0.727. The lowest BCUT2D eigenvalue weighted by Crippen LogP contribution is -2.17. The molecule has 0 spiro atoms. The number of carbonyl (C=O) groups is 2. The van der Waals surface area contributed by atoms with E-state index in [0.717, 1.165) is 44.6 Å². The number of allylic oxidation sites excluding steroid dienone is 1. The molecular formula is C22H38O4. The van der Waals surface area contributed by atoms with Crippen molar-refractivity contribution in [2.75, 3.05) is 6.61 Å². The van der Waals surface area contributed by atoms with Gasteiger partial charge in [-0.3, -0.25) is 0 Å². The lowest BCUT2D eigenvalue weighted by molar-refractivity contribution is -0.139. The first kappa shape index (κ1) is 24.4. The standard InChI is InChI=1S/C22H38O4/c1-8-10-11-12-15-25-21(24)18(5)19(26-20(23)9-2)13-14-22(6,7)16-17(3)4/h9,17H,2,8,10-16H2,1,3-7H3. The Morgan fingerprint density at radius 3 is 2.35 bits per heavy atom. The van der Waals surface area contributed by atoms with Gasteiger partial charge < -0.3 is 9.47 Å². The smallest absolute Gasteiger partial charge is 0.337 e. The van der Waals surface area contributed by atoms with Crippen LogP contribution in [0.5, 0.6) is 0 Å². The Balaban J connectivity index is 4.95. The highest BCUT2D eigenvalue weighted by Crippen LogP contribution is 2.32. The second-order valence-electron chi connectivity index (χ2n) is 8.13. The van der Waals surface area contributed by atoms with Crippen LogP contribution >= 0.6 is 0 Å². The lowest BCUT2D eigenvalue weighted by Gasteiger charge is -2.27. The number of ether oxygens (including phenoxy) is 2. The van der Waals surface area contributed by atoms with Crippen molar-refractivity contribution in [3.05, 3.63) is 24.0 Å². The van der Waals surface area contributed by atoms with E-state index in [-0.39, 0.29) is 5.41 Å². The third-order valence-electron chi connectivity index (χ3n) is 4.34. The summed E-state index contributed by atoms with van der Waals surface area (Å²) in [5, 5.41) is 0. The number of rotatable bonds is 13. The zero-order valence-corrected chi connectivity index (χ0v) is 17.7. The summed E-state index contributed by atoms with van der Waals surface area (Å²) in [5.41, 5.74) is 0.473. The summed E-state index contributed by atoms with van der Waals surface area (Å²) in [7, 11) is 0. The van der Waals surface area contributed by atoms with Gasteiger partial charge in [-0.1, -0.05) is 60.5 Å². The van der Waals surface area contributed by atoms with E-state index in [2.05, 4.69) is 41.2 Å². The molecule has 0 aromatic heterocycles. The van der Waals surface area contributed by atoms with Crippen molar-refractivity contribution < 1.29 is 19.1 Å². The Morgan fingerprint density at radius 1 is 1.15 bits per heavy atom. The molecule has 0 heterocycles. The van der Waals surface area contributed by atoms with Gasteiger partial charge in [0.1, 0.15) is 5.76 Å². The molecule has 0 N–H and O–H groups in total. The molecule has 0 rings (SSSR count). The Bertz CT molecular complexity index is 486. The van der Waals surface area contributed by atoms with Crippen molar-refractivity contribution in [3.8, 4) is 0 Å². The van der Waals surface area contributed by atoms with Gasteiger partial charge in [-0.25, -0.2) is 9.59 Å². The van der Waals surface area contributed by atoms with Gasteiger partial charge in [0.25, 0.3) is 0 Å². The van der Waals surface area contributed by atoms with Crippen LogP contribution in [0.2, 0.25) is 0 Å². The summed E-state index contributed by atoms with van der Waals surface area (Å²) in [6.45, 7) is 16.4. The number of esters is 2. The van der Waals surface area contributed by atoms with Crippen LogP contribution in [0.3, 0.4) is 0 Å². The molecule has 4 heteroatoms. The zero-order chi connectivity index (χ0) is 20.2. The van der Waals surface area contributed by atoms with Gasteiger partial charge in [0.05, 0.1) is 12.2 Å². The molecule has 0 aliphatic carbocycles. The monoisotopic (exact) mass is 366 g/mol. The summed E-state index contributed by atoms with van der Waals surface area (Å²) >= 11 is 0. The molecule has 0 bridgehead atoms. The first-order valence-electron chi connectivity index (χ1n) is 9.84. The van der Waals surface area contributed by atoms with Crippen molar-refractivity contribution >= 4 is 11.9 Å². The van der Waals surface area contributed by atoms with Crippen LogP contribution < -0.4 is 0 Å².